The number of para-hydroxylation sites is 1. The summed E-state index contributed by atoms with van der Waals surface area (Å²) in [5.41, 5.74) is 2.91. The Morgan fingerprint density at radius 1 is 1.32 bits per heavy atom. The molecular formula is C17H28N2. The zero-order valence-corrected chi connectivity index (χ0v) is 12.8. The Balaban J connectivity index is 2.16. The summed E-state index contributed by atoms with van der Waals surface area (Å²) in [6.45, 7) is 11.4. The lowest BCUT2D eigenvalue weighted by Gasteiger charge is -2.41. The maximum Gasteiger partial charge on any atom is 0.0402 e. The minimum atomic E-state index is 0.580. The van der Waals surface area contributed by atoms with Gasteiger partial charge in [0.1, 0.15) is 0 Å². The van der Waals surface area contributed by atoms with Crippen LogP contribution < -0.4 is 10.2 Å². The number of anilines is 1. The van der Waals surface area contributed by atoms with E-state index in [-0.39, 0.29) is 0 Å². The Morgan fingerprint density at radius 3 is 2.74 bits per heavy atom. The molecule has 1 aliphatic rings. The lowest BCUT2D eigenvalue weighted by molar-refractivity contribution is 0.355. The molecule has 0 amide bonds. The largest absolute Gasteiger partial charge is 0.366 e. The molecule has 0 radical (unpaired) electrons. The molecule has 0 spiro atoms. The van der Waals surface area contributed by atoms with Crippen molar-refractivity contribution in [3.63, 3.8) is 0 Å². The van der Waals surface area contributed by atoms with Crippen LogP contribution in [0.4, 0.5) is 5.69 Å². The third-order valence-corrected chi connectivity index (χ3v) is 4.09. The van der Waals surface area contributed by atoms with Crippen LogP contribution in [0.5, 0.6) is 0 Å². The highest BCUT2D eigenvalue weighted by Gasteiger charge is 2.26. The Kier molecular flexibility index (Phi) is 4.87. The Bertz CT molecular complexity index is 400. The first kappa shape index (κ1) is 14.4. The normalized spacial score (nSPS) is 23.9. The maximum absolute atomic E-state index is 3.70. The van der Waals surface area contributed by atoms with Gasteiger partial charge in [0.2, 0.25) is 0 Å². The molecule has 2 atom stereocenters. The summed E-state index contributed by atoms with van der Waals surface area (Å²) < 4.78 is 0. The number of benzene rings is 1. The summed E-state index contributed by atoms with van der Waals surface area (Å²) in [5, 5.41) is 3.70. The van der Waals surface area contributed by atoms with E-state index in [0.717, 1.165) is 25.4 Å². The lowest BCUT2D eigenvalue weighted by Crippen LogP contribution is -2.56. The Morgan fingerprint density at radius 2 is 2.05 bits per heavy atom. The second-order valence-corrected chi connectivity index (χ2v) is 6.22. The van der Waals surface area contributed by atoms with Crippen LogP contribution in [-0.2, 0) is 6.42 Å². The van der Waals surface area contributed by atoms with Crippen LogP contribution in [0.3, 0.4) is 0 Å². The highest BCUT2D eigenvalue weighted by atomic mass is 15.2. The van der Waals surface area contributed by atoms with Crippen molar-refractivity contribution in [1.29, 1.82) is 0 Å². The predicted molar refractivity (Wildman–Crippen MR) is 83.9 cm³/mol. The third kappa shape index (κ3) is 3.50. The van der Waals surface area contributed by atoms with Crippen LogP contribution in [0, 0.1) is 5.92 Å². The van der Waals surface area contributed by atoms with Gasteiger partial charge in [0, 0.05) is 30.9 Å². The van der Waals surface area contributed by atoms with Gasteiger partial charge in [-0.3, -0.25) is 0 Å². The van der Waals surface area contributed by atoms with Crippen molar-refractivity contribution in [2.45, 2.75) is 52.6 Å². The average molecular weight is 260 g/mol. The molecule has 2 nitrogen and oxygen atoms in total. The van der Waals surface area contributed by atoms with Crippen molar-refractivity contribution < 1.29 is 0 Å². The number of nitrogens with zero attached hydrogens (tertiary/aromatic N) is 1. The van der Waals surface area contributed by atoms with Crippen molar-refractivity contribution >= 4 is 5.69 Å². The van der Waals surface area contributed by atoms with E-state index < -0.39 is 0 Å². The van der Waals surface area contributed by atoms with Gasteiger partial charge in [-0.2, -0.15) is 0 Å². The van der Waals surface area contributed by atoms with Gasteiger partial charge in [-0.25, -0.2) is 0 Å². The van der Waals surface area contributed by atoms with Crippen LogP contribution >= 0.6 is 0 Å². The van der Waals surface area contributed by atoms with Gasteiger partial charge >= 0.3 is 0 Å². The maximum atomic E-state index is 3.70. The molecule has 1 aliphatic heterocycles. The number of piperazine rings is 1. The average Bonchev–Trinajstić information content (AvgIpc) is 2.40. The fourth-order valence-corrected chi connectivity index (χ4v) is 3.08. The van der Waals surface area contributed by atoms with E-state index in [0.29, 0.717) is 12.1 Å². The number of rotatable bonds is 4. The van der Waals surface area contributed by atoms with Crippen molar-refractivity contribution in [2.24, 2.45) is 5.92 Å². The Hall–Kier alpha value is -1.02. The summed E-state index contributed by atoms with van der Waals surface area (Å²) >= 11 is 0. The smallest absolute Gasteiger partial charge is 0.0402 e. The molecular weight excluding hydrogens is 232 g/mol. The quantitative estimate of drug-likeness (QED) is 0.892. The Labute approximate surface area is 118 Å². The van der Waals surface area contributed by atoms with Crippen LogP contribution in [0.2, 0.25) is 0 Å². The molecule has 0 aliphatic carbocycles. The van der Waals surface area contributed by atoms with E-state index in [4.69, 9.17) is 0 Å². The van der Waals surface area contributed by atoms with E-state index >= 15 is 0 Å². The van der Waals surface area contributed by atoms with Crippen LogP contribution in [0.1, 0.15) is 39.7 Å². The minimum Gasteiger partial charge on any atom is -0.366 e. The molecule has 1 fully saturated rings. The molecule has 0 saturated carbocycles. The monoisotopic (exact) mass is 260 g/mol. The fourth-order valence-electron chi connectivity index (χ4n) is 3.08. The molecule has 0 bridgehead atoms. The summed E-state index contributed by atoms with van der Waals surface area (Å²) in [4.78, 5) is 2.60. The first-order valence-corrected chi connectivity index (χ1v) is 7.69. The SMILES string of the molecule is CCc1ccccc1N1CC(CC(C)C)NCC1C. The van der Waals surface area contributed by atoms with E-state index in [1.54, 1.807) is 0 Å². The van der Waals surface area contributed by atoms with Crippen molar-refractivity contribution in [2.75, 3.05) is 18.0 Å². The molecule has 106 valence electrons. The number of hydrogen-bond acceptors (Lipinski definition) is 2. The van der Waals surface area contributed by atoms with Crippen LogP contribution in [0.25, 0.3) is 0 Å². The second kappa shape index (κ2) is 6.42. The van der Waals surface area contributed by atoms with Gasteiger partial charge in [0.05, 0.1) is 0 Å². The molecule has 1 N–H and O–H groups in total. The van der Waals surface area contributed by atoms with Gasteiger partial charge in [0.25, 0.3) is 0 Å². The van der Waals surface area contributed by atoms with E-state index in [1.807, 2.05) is 0 Å². The number of nitrogens with one attached hydrogen (secondary N) is 1. The topological polar surface area (TPSA) is 15.3 Å². The first-order valence-electron chi connectivity index (χ1n) is 7.69. The zero-order chi connectivity index (χ0) is 13.8. The minimum absolute atomic E-state index is 0.580. The van der Waals surface area contributed by atoms with Gasteiger partial charge in [-0.15, -0.1) is 0 Å². The predicted octanol–water partition coefficient (Wildman–Crippen LogP) is 3.46. The second-order valence-electron chi connectivity index (χ2n) is 6.22. The van der Waals surface area contributed by atoms with E-state index in [1.165, 1.54) is 17.7 Å². The molecule has 1 saturated heterocycles. The molecule has 1 heterocycles. The molecule has 2 unspecified atom stereocenters. The van der Waals surface area contributed by atoms with Crippen molar-refractivity contribution in [3.8, 4) is 0 Å². The number of aryl methyl sites for hydroxylation is 1. The van der Waals surface area contributed by atoms with Gasteiger partial charge in [-0.05, 0) is 37.3 Å². The van der Waals surface area contributed by atoms with Gasteiger partial charge in [-0.1, -0.05) is 39.0 Å². The first-order chi connectivity index (χ1) is 9.11. The van der Waals surface area contributed by atoms with Gasteiger partial charge in [0.15, 0.2) is 0 Å². The fraction of sp³-hybridized carbons (Fsp3) is 0.647. The standard InChI is InChI=1S/C17H28N2/c1-5-15-8-6-7-9-17(15)19-12-16(10-13(2)3)18-11-14(19)4/h6-9,13-14,16,18H,5,10-12H2,1-4H3. The zero-order valence-electron chi connectivity index (χ0n) is 12.8. The molecule has 0 aromatic heterocycles. The molecule has 1 aromatic carbocycles. The molecule has 2 rings (SSSR count). The number of hydrogen-bond donors (Lipinski definition) is 1. The molecule has 1 aromatic rings. The molecule has 2 heteroatoms. The van der Waals surface area contributed by atoms with Gasteiger partial charge < -0.3 is 10.2 Å². The summed E-state index contributed by atoms with van der Waals surface area (Å²) in [6.07, 6.45) is 2.37. The van der Waals surface area contributed by atoms with Crippen molar-refractivity contribution in [1.82, 2.24) is 5.32 Å². The van der Waals surface area contributed by atoms with Crippen LogP contribution in [-0.4, -0.2) is 25.2 Å². The summed E-state index contributed by atoms with van der Waals surface area (Å²) in [7, 11) is 0. The summed E-state index contributed by atoms with van der Waals surface area (Å²) in [5.74, 6) is 0.758. The third-order valence-electron chi connectivity index (χ3n) is 4.09. The lowest BCUT2D eigenvalue weighted by atomic mass is 9.98. The highest BCUT2D eigenvalue weighted by molar-refractivity contribution is 5.55. The molecule has 19 heavy (non-hydrogen) atoms. The van der Waals surface area contributed by atoms with Crippen LogP contribution in [0.15, 0.2) is 24.3 Å². The van der Waals surface area contributed by atoms with E-state index in [2.05, 4.69) is 62.2 Å². The van der Waals surface area contributed by atoms with E-state index in [9.17, 15) is 0 Å². The highest BCUT2D eigenvalue weighted by Crippen LogP contribution is 2.25. The summed E-state index contributed by atoms with van der Waals surface area (Å²) in [6, 6.07) is 10.1. The van der Waals surface area contributed by atoms with Crippen molar-refractivity contribution in [3.05, 3.63) is 29.8 Å².